The van der Waals surface area contributed by atoms with Crippen molar-refractivity contribution in [1.82, 2.24) is 0 Å². The van der Waals surface area contributed by atoms with Gasteiger partial charge in [0.2, 0.25) is 0 Å². The van der Waals surface area contributed by atoms with Crippen molar-refractivity contribution in [3.8, 4) is 0 Å². The molecule has 0 aromatic carbocycles. The van der Waals surface area contributed by atoms with Crippen molar-refractivity contribution in [2.75, 3.05) is 20.4 Å². The molecule has 0 aromatic rings. The standard InChI is InChI=1S/C11H23O2P/c1-10-4-6-11(7-5-10)8-9-14(12-2)13-3/h10-11H,4-9H2,1-3H3. The van der Waals surface area contributed by atoms with Gasteiger partial charge in [-0.2, -0.15) is 0 Å². The lowest BCUT2D eigenvalue weighted by Gasteiger charge is -2.26. The van der Waals surface area contributed by atoms with Gasteiger partial charge in [-0.1, -0.05) is 32.6 Å². The summed E-state index contributed by atoms with van der Waals surface area (Å²) in [6.07, 6.45) is 8.07. The molecule has 0 atom stereocenters. The molecule has 14 heavy (non-hydrogen) atoms. The predicted octanol–water partition coefficient (Wildman–Crippen LogP) is 3.81. The topological polar surface area (TPSA) is 18.5 Å². The Morgan fingerprint density at radius 3 is 2.14 bits per heavy atom. The van der Waals surface area contributed by atoms with Gasteiger partial charge in [0.05, 0.1) is 0 Å². The van der Waals surface area contributed by atoms with E-state index >= 15 is 0 Å². The lowest BCUT2D eigenvalue weighted by Crippen LogP contribution is -2.13. The second-order valence-electron chi connectivity index (χ2n) is 4.34. The zero-order chi connectivity index (χ0) is 10.4. The lowest BCUT2D eigenvalue weighted by atomic mass is 9.82. The van der Waals surface area contributed by atoms with Crippen molar-refractivity contribution in [1.29, 1.82) is 0 Å². The normalized spacial score (nSPS) is 28.3. The third-order valence-corrected chi connectivity index (χ3v) is 4.70. The molecule has 0 heterocycles. The fourth-order valence-corrected chi connectivity index (χ4v) is 3.25. The van der Waals surface area contributed by atoms with Crippen LogP contribution >= 0.6 is 8.38 Å². The fourth-order valence-electron chi connectivity index (χ4n) is 2.16. The first-order valence-electron chi connectivity index (χ1n) is 5.62. The van der Waals surface area contributed by atoms with Crippen molar-refractivity contribution in [3.05, 3.63) is 0 Å². The van der Waals surface area contributed by atoms with Crippen molar-refractivity contribution in [2.45, 2.75) is 39.0 Å². The molecular formula is C11H23O2P. The second kappa shape index (κ2) is 6.76. The van der Waals surface area contributed by atoms with Gasteiger partial charge in [0.25, 0.3) is 0 Å². The van der Waals surface area contributed by atoms with Crippen molar-refractivity contribution >= 4 is 8.38 Å². The Morgan fingerprint density at radius 2 is 1.64 bits per heavy atom. The van der Waals surface area contributed by atoms with Gasteiger partial charge in [-0.25, -0.2) is 0 Å². The summed E-state index contributed by atoms with van der Waals surface area (Å²) in [6, 6.07) is 0. The highest BCUT2D eigenvalue weighted by Gasteiger charge is 2.19. The van der Waals surface area contributed by atoms with Crippen molar-refractivity contribution in [2.24, 2.45) is 11.8 Å². The lowest BCUT2D eigenvalue weighted by molar-refractivity contribution is 0.278. The van der Waals surface area contributed by atoms with Crippen LogP contribution < -0.4 is 0 Å². The maximum atomic E-state index is 5.25. The molecule has 0 N–H and O–H groups in total. The Kier molecular flexibility index (Phi) is 6.00. The van der Waals surface area contributed by atoms with Gasteiger partial charge in [0.1, 0.15) is 0 Å². The maximum absolute atomic E-state index is 5.25. The fraction of sp³-hybridized carbons (Fsp3) is 1.00. The van der Waals surface area contributed by atoms with E-state index in [9.17, 15) is 0 Å². The molecule has 0 spiro atoms. The summed E-state index contributed by atoms with van der Waals surface area (Å²) in [5.74, 6) is 1.89. The maximum Gasteiger partial charge on any atom is 0.169 e. The molecule has 0 unspecified atom stereocenters. The van der Waals surface area contributed by atoms with Crippen LogP contribution in [0.5, 0.6) is 0 Å². The average molecular weight is 218 g/mol. The highest BCUT2D eigenvalue weighted by Crippen LogP contribution is 2.40. The Morgan fingerprint density at radius 1 is 1.07 bits per heavy atom. The molecule has 1 fully saturated rings. The van der Waals surface area contributed by atoms with E-state index in [1.165, 1.54) is 32.1 Å². The van der Waals surface area contributed by atoms with Crippen LogP contribution in [-0.4, -0.2) is 20.4 Å². The van der Waals surface area contributed by atoms with Crippen LogP contribution in [0.3, 0.4) is 0 Å². The Hall–Kier alpha value is 0.350. The van der Waals surface area contributed by atoms with Crippen LogP contribution in [0, 0.1) is 11.8 Å². The van der Waals surface area contributed by atoms with E-state index in [0.29, 0.717) is 0 Å². The number of hydrogen-bond donors (Lipinski definition) is 0. The molecular weight excluding hydrogens is 195 g/mol. The monoisotopic (exact) mass is 218 g/mol. The van der Waals surface area contributed by atoms with Crippen LogP contribution in [0.2, 0.25) is 0 Å². The zero-order valence-corrected chi connectivity index (χ0v) is 10.6. The van der Waals surface area contributed by atoms with Gasteiger partial charge in [-0.3, -0.25) is 0 Å². The van der Waals surface area contributed by atoms with Crippen molar-refractivity contribution in [3.63, 3.8) is 0 Å². The summed E-state index contributed by atoms with van der Waals surface area (Å²) in [4.78, 5) is 0. The smallest absolute Gasteiger partial charge is 0.169 e. The van der Waals surface area contributed by atoms with Crippen LogP contribution in [0.1, 0.15) is 39.0 Å². The first-order valence-corrected chi connectivity index (χ1v) is 6.98. The van der Waals surface area contributed by atoms with E-state index in [1.54, 1.807) is 14.2 Å². The summed E-state index contributed by atoms with van der Waals surface area (Å²) in [7, 11) is 2.90. The second-order valence-corrected chi connectivity index (χ2v) is 6.18. The SMILES string of the molecule is COP(CCC1CCC(C)CC1)OC. The molecule has 0 radical (unpaired) electrons. The summed E-state index contributed by atoms with van der Waals surface area (Å²) in [6.45, 7) is 2.37. The summed E-state index contributed by atoms with van der Waals surface area (Å²) in [5, 5.41) is 0. The van der Waals surface area contributed by atoms with E-state index in [-0.39, 0.29) is 0 Å². The quantitative estimate of drug-likeness (QED) is 0.653. The van der Waals surface area contributed by atoms with Gasteiger partial charge < -0.3 is 9.05 Å². The van der Waals surface area contributed by atoms with Crippen LogP contribution in [0.15, 0.2) is 0 Å². The number of hydrogen-bond acceptors (Lipinski definition) is 2. The van der Waals surface area contributed by atoms with E-state index in [2.05, 4.69) is 6.92 Å². The highest BCUT2D eigenvalue weighted by molar-refractivity contribution is 7.47. The van der Waals surface area contributed by atoms with Gasteiger partial charge in [-0.15, -0.1) is 0 Å². The molecule has 1 saturated carbocycles. The molecule has 0 aromatic heterocycles. The minimum atomic E-state index is -0.592. The van der Waals surface area contributed by atoms with Gasteiger partial charge in [0, 0.05) is 20.4 Å². The molecule has 3 heteroatoms. The molecule has 0 amide bonds. The van der Waals surface area contributed by atoms with Gasteiger partial charge in [0.15, 0.2) is 8.38 Å². The summed E-state index contributed by atoms with van der Waals surface area (Å²) < 4.78 is 10.5. The van der Waals surface area contributed by atoms with Crippen LogP contribution in [0.4, 0.5) is 0 Å². The molecule has 1 aliphatic carbocycles. The van der Waals surface area contributed by atoms with Crippen LogP contribution in [0.25, 0.3) is 0 Å². The molecule has 0 saturated heterocycles. The first kappa shape index (κ1) is 12.4. The predicted molar refractivity (Wildman–Crippen MR) is 61.5 cm³/mol. The van der Waals surface area contributed by atoms with E-state index in [1.807, 2.05) is 0 Å². The zero-order valence-electron chi connectivity index (χ0n) is 9.66. The highest BCUT2D eigenvalue weighted by atomic mass is 31.2. The minimum absolute atomic E-state index is 0.592. The van der Waals surface area contributed by atoms with Crippen molar-refractivity contribution < 1.29 is 9.05 Å². The third kappa shape index (κ3) is 4.25. The van der Waals surface area contributed by atoms with E-state index in [0.717, 1.165) is 18.0 Å². The third-order valence-electron chi connectivity index (χ3n) is 3.26. The largest absolute Gasteiger partial charge is 0.337 e. The average Bonchev–Trinajstić information content (AvgIpc) is 2.22. The minimum Gasteiger partial charge on any atom is -0.337 e. The Bertz CT molecular complexity index is 140. The molecule has 0 aliphatic heterocycles. The van der Waals surface area contributed by atoms with E-state index in [4.69, 9.17) is 9.05 Å². The van der Waals surface area contributed by atoms with Crippen LogP contribution in [-0.2, 0) is 9.05 Å². The molecule has 0 bridgehead atoms. The Labute approximate surface area is 89.3 Å². The number of rotatable bonds is 5. The molecule has 1 aliphatic rings. The van der Waals surface area contributed by atoms with Gasteiger partial charge in [-0.05, 0) is 18.3 Å². The molecule has 2 nitrogen and oxygen atoms in total. The summed E-state index contributed by atoms with van der Waals surface area (Å²) >= 11 is 0. The Balaban J connectivity index is 2.12. The van der Waals surface area contributed by atoms with Gasteiger partial charge >= 0.3 is 0 Å². The van der Waals surface area contributed by atoms with E-state index < -0.39 is 8.38 Å². The first-order chi connectivity index (χ1) is 6.76. The molecule has 1 rings (SSSR count). The summed E-state index contributed by atoms with van der Waals surface area (Å²) in [5.41, 5.74) is 0. The molecule has 84 valence electrons.